The van der Waals surface area contributed by atoms with Crippen LogP contribution in [-0.2, 0) is 4.74 Å². The van der Waals surface area contributed by atoms with Crippen LogP contribution in [0, 0.1) is 0 Å². The summed E-state index contributed by atoms with van der Waals surface area (Å²) in [5.41, 5.74) is 0. The van der Waals surface area contributed by atoms with E-state index in [-0.39, 0.29) is 6.10 Å². The van der Waals surface area contributed by atoms with Crippen molar-refractivity contribution in [3.05, 3.63) is 0 Å². The largest absolute Gasteiger partial charge is 0.447 e. The van der Waals surface area contributed by atoms with Crippen molar-refractivity contribution in [3.63, 3.8) is 0 Å². The molecule has 0 aromatic carbocycles. The molecule has 0 bridgehead atoms. The fraction of sp³-hybridized carbons (Fsp3) is 0.857. The molecule has 0 spiro atoms. The highest BCUT2D eigenvalue weighted by Gasteiger charge is 2.15. The van der Waals surface area contributed by atoms with E-state index in [1.165, 1.54) is 7.05 Å². The zero-order chi connectivity index (χ0) is 9.72. The van der Waals surface area contributed by atoms with Crippen LogP contribution in [0.25, 0.3) is 0 Å². The Bertz CT molecular complexity index is 150. The number of carbonyl (C=O) groups excluding carboxylic acids is 1. The molecule has 0 fully saturated rings. The standard InChI is InChI=1S/C7H13F2NO2/c1-5(2)12-7(11)10(3)4-6(8)9/h5-6H,4H2,1-3H3. The summed E-state index contributed by atoms with van der Waals surface area (Å²) < 4.78 is 28.1. The van der Waals surface area contributed by atoms with Crippen LogP contribution in [0.4, 0.5) is 13.6 Å². The lowest BCUT2D eigenvalue weighted by atomic mass is 10.5. The van der Waals surface area contributed by atoms with E-state index in [9.17, 15) is 13.6 Å². The molecule has 0 aliphatic carbocycles. The molecule has 0 aromatic rings. The third-order valence-electron chi connectivity index (χ3n) is 1.06. The van der Waals surface area contributed by atoms with Crippen LogP contribution in [0.15, 0.2) is 0 Å². The molecule has 0 N–H and O–H groups in total. The molecule has 0 unspecified atom stereocenters. The number of alkyl halides is 2. The van der Waals surface area contributed by atoms with Crippen LogP contribution in [0.1, 0.15) is 13.8 Å². The molecule has 0 aliphatic heterocycles. The highest BCUT2D eigenvalue weighted by Crippen LogP contribution is 1.99. The smallest absolute Gasteiger partial charge is 0.409 e. The van der Waals surface area contributed by atoms with Gasteiger partial charge >= 0.3 is 6.09 Å². The van der Waals surface area contributed by atoms with Gasteiger partial charge in [-0.15, -0.1) is 0 Å². The Hall–Kier alpha value is -0.870. The molecule has 0 saturated heterocycles. The molecule has 3 nitrogen and oxygen atoms in total. The lowest BCUT2D eigenvalue weighted by molar-refractivity contribution is 0.0559. The molecule has 12 heavy (non-hydrogen) atoms. The van der Waals surface area contributed by atoms with Crippen molar-refractivity contribution in [3.8, 4) is 0 Å². The predicted octanol–water partition coefficient (Wildman–Crippen LogP) is 1.73. The molecule has 1 amide bonds. The van der Waals surface area contributed by atoms with Gasteiger partial charge in [0, 0.05) is 7.05 Å². The Labute approximate surface area is 70.3 Å². The van der Waals surface area contributed by atoms with Crippen LogP contribution < -0.4 is 0 Å². The van der Waals surface area contributed by atoms with Crippen molar-refractivity contribution in [1.82, 2.24) is 4.90 Å². The molecule has 0 atom stereocenters. The fourth-order valence-corrected chi connectivity index (χ4v) is 0.573. The number of nitrogens with zero attached hydrogens (tertiary/aromatic N) is 1. The Morgan fingerprint density at radius 1 is 1.50 bits per heavy atom. The average molecular weight is 181 g/mol. The number of rotatable bonds is 3. The SMILES string of the molecule is CC(C)OC(=O)N(C)CC(F)F. The topological polar surface area (TPSA) is 29.5 Å². The van der Waals surface area contributed by atoms with E-state index in [0.29, 0.717) is 0 Å². The Morgan fingerprint density at radius 2 is 2.00 bits per heavy atom. The van der Waals surface area contributed by atoms with Gasteiger partial charge in [-0.25, -0.2) is 13.6 Å². The van der Waals surface area contributed by atoms with Gasteiger partial charge in [-0.05, 0) is 13.8 Å². The van der Waals surface area contributed by atoms with Crippen LogP contribution in [0.2, 0.25) is 0 Å². The van der Waals surface area contributed by atoms with Crippen molar-refractivity contribution >= 4 is 6.09 Å². The fourth-order valence-electron chi connectivity index (χ4n) is 0.573. The lowest BCUT2D eigenvalue weighted by Crippen LogP contribution is -2.33. The number of hydrogen-bond acceptors (Lipinski definition) is 2. The van der Waals surface area contributed by atoms with Crippen molar-refractivity contribution in [2.45, 2.75) is 26.4 Å². The molecule has 0 saturated carbocycles. The molecule has 0 rings (SSSR count). The van der Waals surface area contributed by atoms with Gasteiger partial charge < -0.3 is 9.64 Å². The maximum absolute atomic E-state index is 11.7. The summed E-state index contributed by atoms with van der Waals surface area (Å²) in [5.74, 6) is 0. The first-order valence-corrected chi connectivity index (χ1v) is 3.63. The number of amides is 1. The van der Waals surface area contributed by atoms with Gasteiger partial charge in [0.15, 0.2) is 0 Å². The molecule has 72 valence electrons. The molecule has 5 heteroatoms. The van der Waals surface area contributed by atoms with Crippen molar-refractivity contribution in [2.24, 2.45) is 0 Å². The van der Waals surface area contributed by atoms with Gasteiger partial charge in [0.1, 0.15) is 0 Å². The first kappa shape index (κ1) is 11.1. The first-order valence-electron chi connectivity index (χ1n) is 3.63. The maximum atomic E-state index is 11.7. The Balaban J connectivity index is 3.77. The summed E-state index contributed by atoms with van der Waals surface area (Å²) in [6.45, 7) is 2.73. The van der Waals surface area contributed by atoms with Gasteiger partial charge in [-0.3, -0.25) is 0 Å². The minimum Gasteiger partial charge on any atom is -0.447 e. The number of carbonyl (C=O) groups is 1. The van der Waals surface area contributed by atoms with Gasteiger partial charge in [-0.2, -0.15) is 0 Å². The lowest BCUT2D eigenvalue weighted by Gasteiger charge is -2.17. The van der Waals surface area contributed by atoms with Crippen LogP contribution in [0.5, 0.6) is 0 Å². The van der Waals surface area contributed by atoms with Crippen LogP contribution in [-0.4, -0.2) is 37.1 Å². The zero-order valence-electron chi connectivity index (χ0n) is 7.38. The van der Waals surface area contributed by atoms with Gasteiger partial charge in [0.05, 0.1) is 12.6 Å². The number of hydrogen-bond donors (Lipinski definition) is 0. The molecule has 0 heterocycles. The molecule has 0 aromatic heterocycles. The summed E-state index contributed by atoms with van der Waals surface area (Å²) in [6.07, 6.45) is -3.52. The quantitative estimate of drug-likeness (QED) is 0.663. The molecular formula is C7H13F2NO2. The molecular weight excluding hydrogens is 168 g/mol. The van der Waals surface area contributed by atoms with E-state index in [4.69, 9.17) is 0 Å². The van der Waals surface area contributed by atoms with Gasteiger partial charge in [-0.1, -0.05) is 0 Å². The first-order chi connectivity index (χ1) is 5.43. The van der Waals surface area contributed by atoms with E-state index in [0.717, 1.165) is 4.90 Å². The second-order valence-corrected chi connectivity index (χ2v) is 2.70. The van der Waals surface area contributed by atoms with Crippen molar-refractivity contribution in [2.75, 3.05) is 13.6 Å². The van der Waals surface area contributed by atoms with E-state index in [1.54, 1.807) is 13.8 Å². The second kappa shape index (κ2) is 4.90. The number of halogens is 2. The number of ether oxygens (including phenoxy) is 1. The Kier molecular flexibility index (Phi) is 4.54. The summed E-state index contributed by atoms with van der Waals surface area (Å²) in [5, 5.41) is 0. The van der Waals surface area contributed by atoms with Gasteiger partial charge in [0.25, 0.3) is 6.43 Å². The summed E-state index contributed by atoms with van der Waals surface area (Å²) in [7, 11) is 1.27. The third kappa shape index (κ3) is 4.87. The van der Waals surface area contributed by atoms with E-state index < -0.39 is 19.1 Å². The summed E-state index contributed by atoms with van der Waals surface area (Å²) in [4.78, 5) is 11.7. The summed E-state index contributed by atoms with van der Waals surface area (Å²) in [6, 6.07) is 0. The average Bonchev–Trinajstić information content (AvgIpc) is 1.84. The third-order valence-corrected chi connectivity index (χ3v) is 1.06. The van der Waals surface area contributed by atoms with Crippen molar-refractivity contribution in [1.29, 1.82) is 0 Å². The maximum Gasteiger partial charge on any atom is 0.409 e. The highest BCUT2D eigenvalue weighted by atomic mass is 19.3. The normalized spacial score (nSPS) is 10.6. The van der Waals surface area contributed by atoms with E-state index in [1.807, 2.05) is 0 Å². The van der Waals surface area contributed by atoms with E-state index in [2.05, 4.69) is 4.74 Å². The minimum absolute atomic E-state index is 0.280. The molecule has 0 radical (unpaired) electrons. The predicted molar refractivity (Wildman–Crippen MR) is 40.3 cm³/mol. The van der Waals surface area contributed by atoms with Crippen LogP contribution in [0.3, 0.4) is 0 Å². The zero-order valence-corrected chi connectivity index (χ0v) is 7.38. The molecule has 0 aliphatic rings. The monoisotopic (exact) mass is 181 g/mol. The van der Waals surface area contributed by atoms with E-state index >= 15 is 0 Å². The summed E-state index contributed by atoms with van der Waals surface area (Å²) >= 11 is 0. The Morgan fingerprint density at radius 3 is 2.33 bits per heavy atom. The van der Waals surface area contributed by atoms with Gasteiger partial charge in [0.2, 0.25) is 0 Å². The highest BCUT2D eigenvalue weighted by molar-refractivity contribution is 5.67. The van der Waals surface area contributed by atoms with Crippen LogP contribution >= 0.6 is 0 Å². The second-order valence-electron chi connectivity index (χ2n) is 2.70. The minimum atomic E-state index is -2.52. The van der Waals surface area contributed by atoms with Crippen molar-refractivity contribution < 1.29 is 18.3 Å².